The van der Waals surface area contributed by atoms with Gasteiger partial charge in [0.05, 0.1) is 27.6 Å². The van der Waals surface area contributed by atoms with E-state index in [-0.39, 0.29) is 17.3 Å². The molecule has 0 aliphatic carbocycles. The van der Waals surface area contributed by atoms with Crippen molar-refractivity contribution in [2.24, 2.45) is 10.9 Å². The highest BCUT2D eigenvalue weighted by molar-refractivity contribution is 7.98. The van der Waals surface area contributed by atoms with Gasteiger partial charge in [-0.3, -0.25) is 4.79 Å². The molecule has 1 aliphatic heterocycles. The molecular weight excluding hydrogens is 509 g/mol. The fraction of sp³-hybridized carbons (Fsp3) is 0.417. The number of sulfonamides is 1. The summed E-state index contributed by atoms with van der Waals surface area (Å²) in [6.07, 6.45) is 3.16. The van der Waals surface area contributed by atoms with E-state index < -0.39 is 21.8 Å². The van der Waals surface area contributed by atoms with Gasteiger partial charge < -0.3 is 9.30 Å². The van der Waals surface area contributed by atoms with E-state index in [4.69, 9.17) is 4.74 Å². The number of rotatable bonds is 8. The fourth-order valence-corrected chi connectivity index (χ4v) is 7.08. The minimum atomic E-state index is -3.82. The first-order valence-electron chi connectivity index (χ1n) is 11.4. The van der Waals surface area contributed by atoms with Gasteiger partial charge in [0.2, 0.25) is 10.0 Å². The first kappa shape index (κ1) is 25.9. The molecular formula is C24H28FN3O4S3. The summed E-state index contributed by atoms with van der Waals surface area (Å²) in [5.74, 6) is 0.287. The zero-order chi connectivity index (χ0) is 25.0. The molecule has 1 aromatic heterocycles. The van der Waals surface area contributed by atoms with Crippen LogP contribution >= 0.6 is 23.1 Å². The van der Waals surface area contributed by atoms with Gasteiger partial charge >= 0.3 is 0 Å². The van der Waals surface area contributed by atoms with Crippen molar-refractivity contribution < 1.29 is 22.3 Å². The molecule has 0 radical (unpaired) electrons. The number of ether oxygens (including phenoxy) is 1. The number of thiazole rings is 1. The molecule has 4 rings (SSSR count). The molecule has 0 bridgehead atoms. The van der Waals surface area contributed by atoms with Crippen molar-refractivity contribution in [3.05, 3.63) is 53.1 Å². The normalized spacial score (nSPS) is 17.7. The lowest BCUT2D eigenvalue weighted by Gasteiger charge is -2.30. The molecule has 7 nitrogen and oxygen atoms in total. The maximum Gasteiger partial charge on any atom is 0.252 e. The largest absolute Gasteiger partial charge is 0.494 e. The highest BCUT2D eigenvalue weighted by atomic mass is 32.2. The molecule has 2 aromatic carbocycles. The second-order valence-corrected chi connectivity index (χ2v) is 12.1. The van der Waals surface area contributed by atoms with Crippen LogP contribution in [-0.4, -0.2) is 54.9 Å². The highest BCUT2D eigenvalue weighted by Crippen LogP contribution is 2.26. The van der Waals surface area contributed by atoms with Gasteiger partial charge in [0.1, 0.15) is 11.6 Å². The van der Waals surface area contributed by atoms with Gasteiger partial charge in [-0.25, -0.2) is 12.8 Å². The smallest absolute Gasteiger partial charge is 0.252 e. The molecule has 1 unspecified atom stereocenters. The molecule has 1 fully saturated rings. The van der Waals surface area contributed by atoms with Gasteiger partial charge in [-0.15, -0.1) is 0 Å². The van der Waals surface area contributed by atoms with Crippen LogP contribution in [0.5, 0.6) is 5.75 Å². The second kappa shape index (κ2) is 11.2. The number of nitrogens with zero attached hydrogens (tertiary/aromatic N) is 3. The van der Waals surface area contributed by atoms with E-state index in [9.17, 15) is 17.6 Å². The van der Waals surface area contributed by atoms with Crippen molar-refractivity contribution in [1.82, 2.24) is 8.87 Å². The van der Waals surface area contributed by atoms with Crippen LogP contribution in [0.3, 0.4) is 0 Å². The minimum absolute atomic E-state index is 0.0217. The fourth-order valence-electron chi connectivity index (χ4n) is 4.10. The maximum atomic E-state index is 13.3. The van der Waals surface area contributed by atoms with Crippen LogP contribution < -0.4 is 9.54 Å². The Morgan fingerprint density at radius 1 is 1.26 bits per heavy atom. The van der Waals surface area contributed by atoms with Crippen LogP contribution in [0.2, 0.25) is 0 Å². The third-order valence-electron chi connectivity index (χ3n) is 5.87. The first-order chi connectivity index (χ1) is 16.8. The lowest BCUT2D eigenvalue weighted by atomic mass is 9.99. The minimum Gasteiger partial charge on any atom is -0.494 e. The van der Waals surface area contributed by atoms with E-state index in [0.717, 1.165) is 33.9 Å². The Hall–Kier alpha value is -2.21. The summed E-state index contributed by atoms with van der Waals surface area (Å²) in [7, 11) is -3.82. The topological polar surface area (TPSA) is 81.0 Å². The number of carbonyl (C=O) groups is 1. The molecule has 2 heterocycles. The average Bonchev–Trinajstić information content (AvgIpc) is 3.19. The van der Waals surface area contributed by atoms with Crippen LogP contribution in [0, 0.1) is 11.7 Å². The predicted octanol–water partition coefficient (Wildman–Crippen LogP) is 4.13. The number of hydrogen-bond donors (Lipinski definition) is 0. The number of fused-ring (bicyclic) bond motifs is 1. The number of halogens is 1. The van der Waals surface area contributed by atoms with Crippen LogP contribution in [-0.2, 0) is 21.4 Å². The van der Waals surface area contributed by atoms with Gasteiger partial charge in [-0.1, -0.05) is 11.3 Å². The predicted molar refractivity (Wildman–Crippen MR) is 138 cm³/mol. The van der Waals surface area contributed by atoms with Crippen LogP contribution in [0.25, 0.3) is 10.2 Å². The van der Waals surface area contributed by atoms with E-state index in [1.54, 1.807) is 11.8 Å². The Kier molecular flexibility index (Phi) is 8.31. The SMILES string of the molecule is CCOc1ccc2c(c1)sc(=NC(=O)C1CCCN(S(=O)(=O)c3ccc(F)cc3)C1)n2CCSC. The Bertz CT molecular complexity index is 1370. The molecule has 0 N–H and O–H groups in total. The van der Waals surface area contributed by atoms with E-state index in [2.05, 4.69) is 4.99 Å². The molecule has 188 valence electrons. The number of benzene rings is 2. The second-order valence-electron chi connectivity index (χ2n) is 8.20. The molecule has 0 saturated carbocycles. The third kappa shape index (κ3) is 5.79. The monoisotopic (exact) mass is 537 g/mol. The molecule has 0 spiro atoms. The van der Waals surface area contributed by atoms with Gasteiger partial charge in [-0.05, 0) is 68.5 Å². The molecule has 1 atom stereocenters. The zero-order valence-electron chi connectivity index (χ0n) is 19.6. The number of aryl methyl sites for hydroxylation is 1. The summed E-state index contributed by atoms with van der Waals surface area (Å²) in [4.78, 5) is 18.3. The van der Waals surface area contributed by atoms with Gasteiger partial charge in [-0.2, -0.15) is 21.1 Å². The first-order valence-corrected chi connectivity index (χ1v) is 15.1. The standard InChI is InChI=1S/C24H28FN3O4S3/c1-3-32-19-8-11-21-22(15-19)34-24(28(21)13-14-33-2)26-23(29)17-5-4-12-27(16-17)35(30,31)20-9-6-18(25)7-10-20/h6-11,15,17H,3-5,12-14,16H2,1-2H3. The number of carbonyl (C=O) groups excluding carboxylic acids is 1. The van der Waals surface area contributed by atoms with Crippen LogP contribution in [0.4, 0.5) is 4.39 Å². The van der Waals surface area contributed by atoms with E-state index >= 15 is 0 Å². The lowest BCUT2D eigenvalue weighted by molar-refractivity contribution is -0.122. The maximum absolute atomic E-state index is 13.3. The number of piperidine rings is 1. The third-order valence-corrected chi connectivity index (χ3v) is 9.39. The molecule has 35 heavy (non-hydrogen) atoms. The quantitative estimate of drug-likeness (QED) is 0.432. The Labute approximate surface area is 212 Å². The summed E-state index contributed by atoms with van der Waals surface area (Å²) in [6, 6.07) is 10.6. The molecule has 1 aliphatic rings. The number of hydrogen-bond acceptors (Lipinski definition) is 6. The number of amides is 1. The Morgan fingerprint density at radius 2 is 2.03 bits per heavy atom. The van der Waals surface area contributed by atoms with Crippen molar-refractivity contribution in [2.75, 3.05) is 31.7 Å². The average molecular weight is 538 g/mol. The van der Waals surface area contributed by atoms with Crippen molar-refractivity contribution in [3.63, 3.8) is 0 Å². The van der Waals surface area contributed by atoms with E-state index in [1.807, 2.05) is 35.9 Å². The van der Waals surface area contributed by atoms with Crippen LogP contribution in [0.1, 0.15) is 19.8 Å². The summed E-state index contributed by atoms with van der Waals surface area (Å²) < 4.78 is 49.3. The van der Waals surface area contributed by atoms with E-state index in [1.165, 1.54) is 27.8 Å². The highest BCUT2D eigenvalue weighted by Gasteiger charge is 2.33. The summed E-state index contributed by atoms with van der Waals surface area (Å²) in [5, 5.41) is 0. The molecule has 1 saturated heterocycles. The molecule has 3 aromatic rings. The van der Waals surface area contributed by atoms with Crippen molar-refractivity contribution in [3.8, 4) is 5.75 Å². The molecule has 1 amide bonds. The Morgan fingerprint density at radius 3 is 2.74 bits per heavy atom. The van der Waals surface area contributed by atoms with Crippen molar-refractivity contribution in [1.29, 1.82) is 0 Å². The summed E-state index contributed by atoms with van der Waals surface area (Å²) >= 11 is 3.14. The van der Waals surface area contributed by atoms with Gasteiger partial charge in [0.25, 0.3) is 5.91 Å². The summed E-state index contributed by atoms with van der Waals surface area (Å²) in [5.41, 5.74) is 0.989. The Balaban J connectivity index is 1.62. The lowest BCUT2D eigenvalue weighted by Crippen LogP contribution is -2.42. The van der Waals surface area contributed by atoms with Gasteiger partial charge in [0, 0.05) is 25.4 Å². The van der Waals surface area contributed by atoms with Crippen molar-refractivity contribution in [2.45, 2.75) is 31.2 Å². The van der Waals surface area contributed by atoms with Crippen molar-refractivity contribution >= 4 is 49.2 Å². The van der Waals surface area contributed by atoms with Crippen LogP contribution in [0.15, 0.2) is 52.4 Å². The molecule has 11 heteroatoms. The van der Waals surface area contributed by atoms with E-state index in [0.29, 0.717) is 37.3 Å². The number of aromatic nitrogens is 1. The zero-order valence-corrected chi connectivity index (χ0v) is 22.1. The number of thioether (sulfide) groups is 1. The summed E-state index contributed by atoms with van der Waals surface area (Å²) in [6.45, 7) is 3.59. The van der Waals surface area contributed by atoms with Gasteiger partial charge in [0.15, 0.2) is 4.80 Å².